The monoisotopic (exact) mass is 407 g/mol. The molecule has 0 fully saturated rings. The Morgan fingerprint density at radius 1 is 1.04 bits per heavy atom. The van der Waals surface area contributed by atoms with Crippen LogP contribution in [0.1, 0.15) is 5.56 Å². The molecule has 0 spiro atoms. The number of para-hydroxylation sites is 1. The molecule has 0 saturated carbocycles. The maximum absolute atomic E-state index is 13.2. The Balaban J connectivity index is 1.94. The largest absolute Gasteiger partial charge is 0.416 e. The molecule has 144 valence electrons. The van der Waals surface area contributed by atoms with Gasteiger partial charge in [-0.1, -0.05) is 12.1 Å². The summed E-state index contributed by atoms with van der Waals surface area (Å²) in [6.07, 6.45) is -0.318. The minimum atomic E-state index is -4.69. The highest BCUT2D eigenvalue weighted by Crippen LogP contribution is 2.46. The second-order valence-corrected chi connectivity index (χ2v) is 8.00. The van der Waals surface area contributed by atoms with Crippen LogP contribution in [0.2, 0.25) is 0 Å². The van der Waals surface area contributed by atoms with Crippen molar-refractivity contribution in [2.45, 2.75) is 22.5 Å². The number of imidazole rings is 1. The molecule has 6 nitrogen and oxygen atoms in total. The molecule has 2 heterocycles. The molecule has 0 bridgehead atoms. The smallest absolute Gasteiger partial charge is 0.328 e. The van der Waals surface area contributed by atoms with Gasteiger partial charge < -0.3 is 4.57 Å². The van der Waals surface area contributed by atoms with Gasteiger partial charge >= 0.3 is 6.18 Å². The van der Waals surface area contributed by atoms with E-state index >= 15 is 0 Å². The van der Waals surface area contributed by atoms with E-state index in [2.05, 4.69) is 4.98 Å². The topological polar surface area (TPSA) is 72.3 Å². The third-order valence-corrected chi connectivity index (χ3v) is 6.19. The lowest BCUT2D eigenvalue weighted by atomic mass is 10.1. The summed E-state index contributed by atoms with van der Waals surface area (Å²) in [5.74, 6) is -0.596. The van der Waals surface area contributed by atoms with Gasteiger partial charge in [-0.3, -0.25) is 9.69 Å². The molecule has 1 aromatic heterocycles. The molecule has 4 rings (SSSR count). The number of rotatable bonds is 2. The van der Waals surface area contributed by atoms with Crippen LogP contribution in [0.4, 0.5) is 24.5 Å². The van der Waals surface area contributed by atoms with Gasteiger partial charge in [0.05, 0.1) is 33.1 Å². The van der Waals surface area contributed by atoms with Crippen molar-refractivity contribution >= 4 is 27.1 Å². The van der Waals surface area contributed by atoms with E-state index in [4.69, 9.17) is 0 Å². The number of hydrogen-bond acceptors (Lipinski definition) is 4. The minimum Gasteiger partial charge on any atom is -0.328 e. The van der Waals surface area contributed by atoms with Gasteiger partial charge in [-0.2, -0.15) is 13.2 Å². The van der Waals surface area contributed by atoms with E-state index in [-0.39, 0.29) is 27.7 Å². The fraction of sp³-hybridized carbons (Fsp3) is 0.111. The molecule has 1 aliphatic rings. The molecule has 2 aromatic carbocycles. The lowest BCUT2D eigenvalue weighted by Gasteiger charge is -2.31. The van der Waals surface area contributed by atoms with Gasteiger partial charge in [0.25, 0.3) is 5.91 Å². The van der Waals surface area contributed by atoms with Crippen LogP contribution in [-0.2, 0) is 27.4 Å². The zero-order chi connectivity index (χ0) is 20.1. The lowest BCUT2D eigenvalue weighted by Crippen LogP contribution is -2.34. The highest BCUT2D eigenvalue weighted by atomic mass is 32.2. The number of fused-ring (bicyclic) bond motifs is 2. The van der Waals surface area contributed by atoms with E-state index in [1.165, 1.54) is 47.6 Å². The standard InChI is InChI=1S/C18H12F3N3O3S/c19-18(20,21)12-5-6-16-14(9-12)24(17(25)10-23-8-7-22-11-23)13-3-1-2-4-15(13)28(16,26)27/h1-9,11H,10H2. The number of nitrogens with zero attached hydrogens (tertiary/aromatic N) is 3. The summed E-state index contributed by atoms with van der Waals surface area (Å²) in [5.41, 5.74) is -1.35. The summed E-state index contributed by atoms with van der Waals surface area (Å²) in [4.78, 5) is 17.3. The fourth-order valence-electron chi connectivity index (χ4n) is 3.09. The summed E-state index contributed by atoms with van der Waals surface area (Å²) in [5, 5.41) is 0. The van der Waals surface area contributed by atoms with Gasteiger partial charge in [-0.15, -0.1) is 0 Å². The first-order chi connectivity index (χ1) is 13.2. The Hall–Kier alpha value is -3.14. The van der Waals surface area contributed by atoms with Crippen molar-refractivity contribution in [1.29, 1.82) is 0 Å². The number of carbonyl (C=O) groups excluding carboxylic acids is 1. The number of halogens is 3. The second kappa shape index (κ2) is 6.20. The molecule has 10 heteroatoms. The number of alkyl halides is 3. The van der Waals surface area contributed by atoms with Crippen molar-refractivity contribution in [3.8, 4) is 0 Å². The number of benzene rings is 2. The van der Waals surface area contributed by atoms with Crippen LogP contribution in [0.15, 0.2) is 71.0 Å². The molecule has 1 aliphatic heterocycles. The maximum Gasteiger partial charge on any atom is 0.416 e. The van der Waals surface area contributed by atoms with Crippen LogP contribution in [-0.4, -0.2) is 23.9 Å². The molecule has 0 N–H and O–H groups in total. The maximum atomic E-state index is 13.2. The Labute approximate surface area is 157 Å². The van der Waals surface area contributed by atoms with E-state index in [1.807, 2.05) is 0 Å². The highest BCUT2D eigenvalue weighted by Gasteiger charge is 2.39. The van der Waals surface area contributed by atoms with E-state index in [1.54, 1.807) is 0 Å². The molecule has 3 aromatic rings. The molecule has 0 atom stereocenters. The van der Waals surface area contributed by atoms with Crippen molar-refractivity contribution in [1.82, 2.24) is 9.55 Å². The number of amides is 1. The van der Waals surface area contributed by atoms with Crippen molar-refractivity contribution in [3.63, 3.8) is 0 Å². The van der Waals surface area contributed by atoms with Crippen LogP contribution in [0.25, 0.3) is 0 Å². The fourth-order valence-corrected chi connectivity index (χ4v) is 4.69. The van der Waals surface area contributed by atoms with Gasteiger partial charge in [0, 0.05) is 12.4 Å². The van der Waals surface area contributed by atoms with E-state index in [0.29, 0.717) is 12.1 Å². The Morgan fingerprint density at radius 3 is 2.43 bits per heavy atom. The number of sulfone groups is 1. The zero-order valence-corrected chi connectivity index (χ0v) is 14.9. The van der Waals surface area contributed by atoms with Crippen molar-refractivity contribution in [2.75, 3.05) is 4.90 Å². The number of carbonyl (C=O) groups is 1. The van der Waals surface area contributed by atoms with Gasteiger partial charge in [-0.25, -0.2) is 13.4 Å². The average Bonchev–Trinajstić information content (AvgIpc) is 3.14. The predicted octanol–water partition coefficient (Wildman–Crippen LogP) is 3.41. The molecular weight excluding hydrogens is 395 g/mol. The van der Waals surface area contributed by atoms with Crippen molar-refractivity contribution in [3.05, 3.63) is 66.7 Å². The molecule has 0 aliphatic carbocycles. The first-order valence-corrected chi connectivity index (χ1v) is 9.52. The summed E-state index contributed by atoms with van der Waals surface area (Å²) in [7, 11) is -4.07. The SMILES string of the molecule is O=C(Cn1ccnc1)N1c2ccccc2S(=O)(=O)c2ccc(C(F)(F)F)cc21. The van der Waals surface area contributed by atoms with Crippen LogP contribution in [0, 0.1) is 0 Å². The first kappa shape index (κ1) is 18.2. The summed E-state index contributed by atoms with van der Waals surface area (Å²) in [6, 6.07) is 8.00. The second-order valence-electron chi connectivity index (χ2n) is 6.12. The molecular formula is C18H12F3N3O3S. The Bertz CT molecular complexity index is 1170. The van der Waals surface area contributed by atoms with Gasteiger partial charge in [0.1, 0.15) is 6.54 Å². The summed E-state index contributed by atoms with van der Waals surface area (Å²) in [6.45, 7) is -0.218. The van der Waals surface area contributed by atoms with Gasteiger partial charge in [-0.05, 0) is 30.3 Å². The van der Waals surface area contributed by atoms with Crippen LogP contribution in [0.3, 0.4) is 0 Å². The Morgan fingerprint density at radius 2 is 1.75 bits per heavy atom. The van der Waals surface area contributed by atoms with E-state index < -0.39 is 27.5 Å². The third kappa shape index (κ3) is 2.85. The van der Waals surface area contributed by atoms with Crippen molar-refractivity contribution < 1.29 is 26.4 Å². The van der Waals surface area contributed by atoms with Crippen LogP contribution in [0.5, 0.6) is 0 Å². The van der Waals surface area contributed by atoms with Gasteiger partial charge in [0.2, 0.25) is 9.84 Å². The minimum absolute atomic E-state index is 0.0134. The van der Waals surface area contributed by atoms with Crippen molar-refractivity contribution in [2.24, 2.45) is 0 Å². The molecule has 0 saturated heterocycles. The number of aromatic nitrogens is 2. The molecule has 28 heavy (non-hydrogen) atoms. The van der Waals surface area contributed by atoms with E-state index in [9.17, 15) is 26.4 Å². The Kier molecular flexibility index (Phi) is 4.03. The molecule has 0 radical (unpaired) electrons. The van der Waals surface area contributed by atoms with Crippen LogP contribution < -0.4 is 4.90 Å². The quantitative estimate of drug-likeness (QED) is 0.653. The first-order valence-electron chi connectivity index (χ1n) is 8.03. The summed E-state index contributed by atoms with van der Waals surface area (Å²) < 4.78 is 66.9. The summed E-state index contributed by atoms with van der Waals surface area (Å²) >= 11 is 0. The molecule has 1 amide bonds. The predicted molar refractivity (Wildman–Crippen MR) is 92.7 cm³/mol. The molecule has 0 unspecified atom stereocenters. The zero-order valence-electron chi connectivity index (χ0n) is 14.1. The van der Waals surface area contributed by atoms with Crippen LogP contribution >= 0.6 is 0 Å². The van der Waals surface area contributed by atoms with E-state index in [0.717, 1.165) is 11.0 Å². The third-order valence-electron chi connectivity index (χ3n) is 4.34. The number of anilines is 2. The number of hydrogen-bond donors (Lipinski definition) is 0. The lowest BCUT2D eigenvalue weighted by molar-refractivity contribution is -0.137. The normalized spacial score (nSPS) is 15.0. The highest BCUT2D eigenvalue weighted by molar-refractivity contribution is 7.92. The van der Waals surface area contributed by atoms with Gasteiger partial charge in [0.15, 0.2) is 0 Å². The average molecular weight is 407 g/mol.